The van der Waals surface area contributed by atoms with Crippen molar-refractivity contribution >= 4 is 41.0 Å². The van der Waals surface area contributed by atoms with Crippen LogP contribution in [0.3, 0.4) is 0 Å². The van der Waals surface area contributed by atoms with Crippen LogP contribution in [-0.4, -0.2) is 92.0 Å². The highest BCUT2D eigenvalue weighted by Crippen LogP contribution is 2.68. The summed E-state index contributed by atoms with van der Waals surface area (Å²) in [6.45, 7) is 14.3. The number of ether oxygens (including phenoxy) is 3. The molecule has 14 heteroatoms. The lowest BCUT2D eigenvalue weighted by atomic mass is 9.44. The molecule has 56 heavy (non-hydrogen) atoms. The summed E-state index contributed by atoms with van der Waals surface area (Å²) in [6.07, 6.45) is 13.7. The number of aromatic nitrogens is 2. The quantitative estimate of drug-likeness (QED) is 0.0580. The van der Waals surface area contributed by atoms with Crippen molar-refractivity contribution in [2.45, 2.75) is 116 Å². The van der Waals surface area contributed by atoms with Crippen molar-refractivity contribution in [1.29, 1.82) is 0 Å². The predicted octanol–water partition coefficient (Wildman–Crippen LogP) is 6.94. The van der Waals surface area contributed by atoms with Gasteiger partial charge in [-0.25, -0.2) is 4.63 Å². The van der Waals surface area contributed by atoms with E-state index in [0.717, 1.165) is 56.3 Å². The van der Waals surface area contributed by atoms with E-state index >= 15 is 0 Å². The number of anilines is 1. The van der Waals surface area contributed by atoms with Gasteiger partial charge in [0.1, 0.15) is 12.6 Å². The second-order valence-electron chi connectivity index (χ2n) is 17.9. The fourth-order valence-corrected chi connectivity index (χ4v) is 12.5. The molecule has 4 saturated carbocycles. The van der Waals surface area contributed by atoms with Crippen molar-refractivity contribution in [2.24, 2.45) is 51.3 Å². The number of rotatable bonds is 17. The van der Waals surface area contributed by atoms with Crippen molar-refractivity contribution in [3.8, 4) is 0 Å². The van der Waals surface area contributed by atoms with Crippen molar-refractivity contribution in [3.63, 3.8) is 0 Å². The standard InChI is InChI=1S/C42H62N6O8/c1-27(7-14-37(49)55-25-24-54-23-22-53-21-19-43-4)31-10-11-32-30-9-8-28-26-29(15-17-41(28,2)33(30)16-18-42(31,32)3)44-40(50)36-6-5-20-47(36)34-12-13-35(48(51)52)39-38(34)45-56-46-39/h12-13,27-33,36H,4-11,14-26H2,1-3H3,(H,44,50)/t27-,28-,29-,30?,31?,32?,33?,36?,41+,42-/m1/s1. The first kappa shape index (κ1) is 40.5. The van der Waals surface area contributed by atoms with Gasteiger partial charge < -0.3 is 24.4 Å². The number of amides is 1. The van der Waals surface area contributed by atoms with Gasteiger partial charge in [-0.1, -0.05) is 20.8 Å². The van der Waals surface area contributed by atoms with Gasteiger partial charge in [-0.3, -0.25) is 24.7 Å². The zero-order valence-electron chi connectivity index (χ0n) is 33.6. The Morgan fingerprint density at radius 1 is 1.00 bits per heavy atom. The molecule has 5 unspecified atom stereocenters. The maximum absolute atomic E-state index is 13.9. The largest absolute Gasteiger partial charge is 0.463 e. The molecule has 14 nitrogen and oxygen atoms in total. The molecule has 1 aromatic heterocycles. The lowest BCUT2D eigenvalue weighted by Gasteiger charge is -2.61. The summed E-state index contributed by atoms with van der Waals surface area (Å²) < 4.78 is 21.3. The van der Waals surface area contributed by atoms with Crippen molar-refractivity contribution in [1.82, 2.24) is 15.6 Å². The highest BCUT2D eigenvalue weighted by Gasteiger charge is 2.60. The van der Waals surface area contributed by atoms with Crippen LogP contribution in [0.5, 0.6) is 0 Å². The van der Waals surface area contributed by atoms with Crippen LogP contribution in [0.4, 0.5) is 11.4 Å². The molecule has 2 heterocycles. The smallest absolute Gasteiger partial charge is 0.305 e. The number of non-ortho nitro benzene ring substituents is 1. The normalized spacial score (nSPS) is 33.0. The number of fused-ring (bicyclic) bond motifs is 6. The molecule has 4 aliphatic carbocycles. The average molecular weight is 779 g/mol. The fourth-order valence-electron chi connectivity index (χ4n) is 12.5. The van der Waals surface area contributed by atoms with Gasteiger partial charge in [0, 0.05) is 25.1 Å². The number of nitrogens with one attached hydrogen (secondary N) is 1. The number of nitro groups is 1. The number of carbonyl (C=O) groups excluding carboxylic acids is 2. The number of carbonyl (C=O) groups is 2. The molecule has 10 atom stereocenters. The van der Waals surface area contributed by atoms with E-state index in [-0.39, 0.29) is 41.8 Å². The third kappa shape index (κ3) is 8.06. The Morgan fingerprint density at radius 2 is 1.75 bits per heavy atom. The average Bonchev–Trinajstić information content (AvgIpc) is 3.95. The molecule has 2 aromatic rings. The minimum absolute atomic E-state index is 0.0319. The molecule has 0 bridgehead atoms. The SMILES string of the molecule is C=NCCOCCOCCOC(=O)CC[C@@H](C)C1CCC2C3CC[C@@H]4C[C@H](NC(=O)C5CCCN5c5ccc([N+](=O)[O-])c6nonc56)CC[C@]4(C)C3CC[C@@]21C. The van der Waals surface area contributed by atoms with Gasteiger partial charge in [0.05, 0.1) is 43.6 Å². The zero-order chi connectivity index (χ0) is 39.5. The molecule has 5 aliphatic rings. The molecule has 5 fully saturated rings. The van der Waals surface area contributed by atoms with Crippen LogP contribution in [0.15, 0.2) is 21.8 Å². The number of hydrogen-bond donors (Lipinski definition) is 1. The number of hydrogen-bond acceptors (Lipinski definition) is 12. The maximum Gasteiger partial charge on any atom is 0.305 e. The van der Waals surface area contributed by atoms with Crippen LogP contribution in [0.1, 0.15) is 104 Å². The number of benzene rings is 1. The Morgan fingerprint density at radius 3 is 2.55 bits per heavy atom. The molecule has 308 valence electrons. The van der Waals surface area contributed by atoms with E-state index in [4.69, 9.17) is 18.8 Å². The van der Waals surface area contributed by atoms with Gasteiger partial charge in [-0.2, -0.15) is 0 Å². The van der Waals surface area contributed by atoms with Gasteiger partial charge >= 0.3 is 11.7 Å². The minimum atomic E-state index is -0.486. The number of nitrogens with zero attached hydrogens (tertiary/aromatic N) is 5. The van der Waals surface area contributed by atoms with E-state index in [2.05, 4.69) is 48.1 Å². The first-order valence-electron chi connectivity index (χ1n) is 21.3. The van der Waals surface area contributed by atoms with Crippen molar-refractivity contribution in [3.05, 3.63) is 22.2 Å². The summed E-state index contributed by atoms with van der Waals surface area (Å²) in [4.78, 5) is 43.3. The summed E-state index contributed by atoms with van der Waals surface area (Å²) in [5.41, 5.74) is 1.55. The van der Waals surface area contributed by atoms with Crippen LogP contribution >= 0.6 is 0 Å². The topological polar surface area (TPSA) is 172 Å². The molecular formula is C42H62N6O8. The maximum atomic E-state index is 13.9. The summed E-state index contributed by atoms with van der Waals surface area (Å²) in [6, 6.07) is 2.89. The van der Waals surface area contributed by atoms with Crippen LogP contribution in [0.2, 0.25) is 0 Å². The van der Waals surface area contributed by atoms with Crippen molar-refractivity contribution < 1.29 is 33.4 Å². The Labute approximate surface area is 330 Å². The zero-order valence-corrected chi connectivity index (χ0v) is 33.6. The summed E-state index contributed by atoms with van der Waals surface area (Å²) >= 11 is 0. The number of esters is 1. The van der Waals surface area contributed by atoms with Crippen LogP contribution in [0.25, 0.3) is 11.0 Å². The van der Waals surface area contributed by atoms with E-state index < -0.39 is 4.92 Å². The van der Waals surface area contributed by atoms with E-state index in [1.165, 1.54) is 44.6 Å². The number of aliphatic imine (C=N–C) groups is 1. The Hall–Kier alpha value is -3.65. The van der Waals surface area contributed by atoms with Crippen LogP contribution < -0.4 is 10.2 Å². The first-order valence-corrected chi connectivity index (χ1v) is 21.3. The van der Waals surface area contributed by atoms with E-state index in [1.54, 1.807) is 6.07 Å². The van der Waals surface area contributed by atoms with E-state index in [9.17, 15) is 19.7 Å². The fraction of sp³-hybridized carbons (Fsp3) is 0.786. The van der Waals surface area contributed by atoms with Gasteiger partial charge in [0.25, 0.3) is 0 Å². The minimum Gasteiger partial charge on any atom is -0.463 e. The second-order valence-corrected chi connectivity index (χ2v) is 17.9. The third-order valence-electron chi connectivity index (χ3n) is 15.3. The monoisotopic (exact) mass is 778 g/mol. The molecule has 1 N–H and O–H groups in total. The van der Waals surface area contributed by atoms with E-state index in [0.29, 0.717) is 85.7 Å². The van der Waals surface area contributed by atoms with Gasteiger partial charge in [-0.15, -0.1) is 0 Å². The third-order valence-corrected chi connectivity index (χ3v) is 15.3. The Balaban J connectivity index is 0.886. The van der Waals surface area contributed by atoms with Gasteiger partial charge in [0.15, 0.2) is 5.52 Å². The molecule has 1 saturated heterocycles. The highest BCUT2D eigenvalue weighted by atomic mass is 16.6. The first-order chi connectivity index (χ1) is 27.0. The van der Waals surface area contributed by atoms with Gasteiger partial charge in [-0.05, 0) is 146 Å². The summed E-state index contributed by atoms with van der Waals surface area (Å²) in [5.74, 6) is 3.83. The van der Waals surface area contributed by atoms with E-state index in [1.807, 2.05) is 4.90 Å². The highest BCUT2D eigenvalue weighted by molar-refractivity contribution is 5.96. The van der Waals surface area contributed by atoms with Crippen LogP contribution in [0, 0.1) is 56.5 Å². The molecule has 0 spiro atoms. The summed E-state index contributed by atoms with van der Waals surface area (Å²) in [5, 5.41) is 22.8. The predicted molar refractivity (Wildman–Crippen MR) is 211 cm³/mol. The van der Waals surface area contributed by atoms with Crippen LogP contribution in [-0.2, 0) is 23.8 Å². The van der Waals surface area contributed by atoms with Gasteiger partial charge in [0.2, 0.25) is 11.4 Å². The lowest BCUT2D eigenvalue weighted by molar-refractivity contribution is -0.383. The molecule has 7 rings (SSSR count). The second kappa shape index (κ2) is 17.5. The molecular weight excluding hydrogens is 716 g/mol. The summed E-state index contributed by atoms with van der Waals surface area (Å²) in [7, 11) is 0. The Kier molecular flexibility index (Phi) is 12.6. The molecule has 1 amide bonds. The molecule has 1 aromatic carbocycles. The molecule has 0 radical (unpaired) electrons. The molecule has 1 aliphatic heterocycles. The number of nitro benzene ring substituents is 1. The van der Waals surface area contributed by atoms with Crippen molar-refractivity contribution in [2.75, 3.05) is 51.0 Å². The Bertz CT molecular complexity index is 1720. The lowest BCUT2D eigenvalue weighted by Crippen LogP contribution is -2.56.